The molecule has 0 spiro atoms. The number of amides is 3. The Bertz CT molecular complexity index is 1500. The summed E-state index contributed by atoms with van der Waals surface area (Å²) in [5.41, 5.74) is 3.19. The second-order valence-corrected chi connectivity index (χ2v) is 12.6. The zero-order valence-corrected chi connectivity index (χ0v) is 26.1. The van der Waals surface area contributed by atoms with Crippen LogP contribution in [0.25, 0.3) is 11.1 Å². The van der Waals surface area contributed by atoms with Crippen molar-refractivity contribution in [1.82, 2.24) is 20.6 Å². The number of fused-ring (bicyclic) bond motifs is 1. The maximum absolute atomic E-state index is 13.0. The summed E-state index contributed by atoms with van der Waals surface area (Å²) in [7, 11) is 1.68. The highest BCUT2D eigenvalue weighted by atomic mass is 16.6. The molecule has 10 heteroatoms. The van der Waals surface area contributed by atoms with E-state index in [2.05, 4.69) is 25.8 Å². The van der Waals surface area contributed by atoms with Crippen molar-refractivity contribution in [2.45, 2.75) is 84.0 Å². The molecule has 1 saturated heterocycles. The van der Waals surface area contributed by atoms with Gasteiger partial charge in [-0.25, -0.2) is 14.8 Å². The second-order valence-electron chi connectivity index (χ2n) is 12.6. The molecular formula is C34H42N6O4. The molecule has 2 aliphatic rings. The Balaban J connectivity index is 1.22. The fourth-order valence-electron chi connectivity index (χ4n) is 6.28. The third kappa shape index (κ3) is 7.35. The first-order valence-corrected chi connectivity index (χ1v) is 15.3. The molecule has 0 bridgehead atoms. The number of hydrogen-bond donors (Lipinski definition) is 3. The van der Waals surface area contributed by atoms with Crippen molar-refractivity contribution >= 4 is 29.4 Å². The van der Waals surface area contributed by atoms with Gasteiger partial charge in [0, 0.05) is 30.4 Å². The molecule has 232 valence electrons. The molecule has 1 saturated carbocycles. The Kier molecular flexibility index (Phi) is 9.17. The van der Waals surface area contributed by atoms with Gasteiger partial charge >= 0.3 is 6.09 Å². The summed E-state index contributed by atoms with van der Waals surface area (Å²) in [6.07, 6.45) is 4.88. The van der Waals surface area contributed by atoms with Crippen molar-refractivity contribution in [3.05, 3.63) is 71.7 Å². The molecule has 5 rings (SSSR count). The normalized spacial score (nSPS) is 19.6. The van der Waals surface area contributed by atoms with Crippen LogP contribution in [0.3, 0.4) is 0 Å². The third-order valence-corrected chi connectivity index (χ3v) is 8.22. The van der Waals surface area contributed by atoms with Crippen LogP contribution in [0, 0.1) is 12.8 Å². The van der Waals surface area contributed by atoms with Gasteiger partial charge in [-0.1, -0.05) is 37.1 Å². The fraction of sp³-hybridized carbons (Fsp3) is 0.441. The van der Waals surface area contributed by atoms with Crippen LogP contribution < -0.4 is 20.9 Å². The third-order valence-electron chi connectivity index (χ3n) is 8.22. The molecular weight excluding hydrogens is 556 g/mol. The van der Waals surface area contributed by atoms with Crippen molar-refractivity contribution in [3.63, 3.8) is 0 Å². The number of nitrogens with zero attached hydrogens (tertiary/aromatic N) is 3. The zero-order valence-electron chi connectivity index (χ0n) is 26.1. The molecule has 1 aliphatic heterocycles. The molecule has 0 radical (unpaired) electrons. The molecule has 3 aromatic rings. The quantitative estimate of drug-likeness (QED) is 0.323. The molecule has 3 amide bonds. The van der Waals surface area contributed by atoms with Crippen LogP contribution in [-0.4, -0.2) is 52.6 Å². The minimum Gasteiger partial charge on any atom is -0.444 e. The highest BCUT2D eigenvalue weighted by molar-refractivity contribution is 5.94. The van der Waals surface area contributed by atoms with E-state index < -0.39 is 11.7 Å². The van der Waals surface area contributed by atoms with Crippen LogP contribution in [0.15, 0.2) is 54.6 Å². The standard InChI is InChI=1S/C34H42N6O4/c1-21-37-27(19-30(38-21)40-28-9-7-6-8-25(28)18-29(40)32(42)35-5)20-36-31(41)24-12-10-22(11-13-24)23-14-16-26(17-15-23)39-33(43)44-34(2,3)4/h10-17,19,25,28-29H,6-9,18,20H2,1-5H3,(H,35,42)(H,36,41)(H,39,43)/t25-,28-,29-/m0/s1. The number of nitrogens with one attached hydrogen (secondary N) is 3. The fourth-order valence-corrected chi connectivity index (χ4v) is 6.28. The summed E-state index contributed by atoms with van der Waals surface area (Å²) in [5, 5.41) is 8.55. The number of aryl methyl sites for hydroxylation is 1. The molecule has 3 atom stereocenters. The molecule has 2 fully saturated rings. The molecule has 0 unspecified atom stereocenters. The number of hydrogen-bond acceptors (Lipinski definition) is 7. The minimum atomic E-state index is -0.571. The Hall–Kier alpha value is -4.47. The van der Waals surface area contributed by atoms with Crippen LogP contribution in [0.4, 0.5) is 16.3 Å². The Morgan fingerprint density at radius 2 is 1.61 bits per heavy atom. The topological polar surface area (TPSA) is 126 Å². The van der Waals surface area contributed by atoms with E-state index in [0.29, 0.717) is 34.7 Å². The number of benzene rings is 2. The first-order chi connectivity index (χ1) is 21.0. The molecule has 1 aromatic heterocycles. The first kappa shape index (κ1) is 31.0. The van der Waals surface area contributed by atoms with Gasteiger partial charge < -0.3 is 20.3 Å². The molecule has 2 heterocycles. The van der Waals surface area contributed by atoms with E-state index in [1.807, 2.05) is 70.2 Å². The summed E-state index contributed by atoms with van der Waals surface area (Å²) in [4.78, 5) is 49.4. The van der Waals surface area contributed by atoms with Gasteiger partial charge in [-0.05, 0) is 88.3 Å². The number of aromatic nitrogens is 2. The maximum atomic E-state index is 13.0. The van der Waals surface area contributed by atoms with Gasteiger partial charge in [-0.3, -0.25) is 14.9 Å². The lowest BCUT2D eigenvalue weighted by atomic mass is 9.84. The van der Waals surface area contributed by atoms with Gasteiger partial charge in [0.05, 0.1) is 12.2 Å². The summed E-state index contributed by atoms with van der Waals surface area (Å²) in [6.45, 7) is 7.54. The summed E-state index contributed by atoms with van der Waals surface area (Å²) in [6, 6.07) is 16.7. The summed E-state index contributed by atoms with van der Waals surface area (Å²) >= 11 is 0. The van der Waals surface area contributed by atoms with Crippen molar-refractivity contribution in [1.29, 1.82) is 0 Å². The summed E-state index contributed by atoms with van der Waals surface area (Å²) in [5.74, 6) is 1.66. The lowest BCUT2D eigenvalue weighted by Gasteiger charge is -2.34. The van der Waals surface area contributed by atoms with Gasteiger partial charge in [0.2, 0.25) is 5.91 Å². The SMILES string of the molecule is CNC(=O)[C@@H]1C[C@@H]2CCCC[C@@H]2N1c1cc(CNC(=O)c2ccc(-c3ccc(NC(=O)OC(C)(C)C)cc3)cc2)nc(C)n1. The number of carbonyl (C=O) groups is 3. The smallest absolute Gasteiger partial charge is 0.412 e. The van der Waals surface area contributed by atoms with Crippen LogP contribution in [0.5, 0.6) is 0 Å². The number of rotatable bonds is 7. The van der Waals surface area contributed by atoms with Crippen LogP contribution in [0.2, 0.25) is 0 Å². The highest BCUT2D eigenvalue weighted by Gasteiger charge is 2.45. The average Bonchev–Trinajstić information content (AvgIpc) is 3.38. The van der Waals surface area contributed by atoms with E-state index in [9.17, 15) is 14.4 Å². The van der Waals surface area contributed by atoms with E-state index in [1.54, 1.807) is 19.2 Å². The van der Waals surface area contributed by atoms with E-state index in [4.69, 9.17) is 9.72 Å². The van der Waals surface area contributed by atoms with E-state index in [0.717, 1.165) is 42.6 Å². The van der Waals surface area contributed by atoms with Crippen LogP contribution in [-0.2, 0) is 16.1 Å². The zero-order chi connectivity index (χ0) is 31.4. The number of anilines is 2. The monoisotopic (exact) mass is 598 g/mol. The molecule has 44 heavy (non-hydrogen) atoms. The van der Waals surface area contributed by atoms with Crippen molar-refractivity contribution in [2.24, 2.45) is 5.92 Å². The maximum Gasteiger partial charge on any atom is 0.412 e. The van der Waals surface area contributed by atoms with Crippen molar-refractivity contribution in [2.75, 3.05) is 17.3 Å². The largest absolute Gasteiger partial charge is 0.444 e. The molecule has 3 N–H and O–H groups in total. The van der Waals surface area contributed by atoms with Gasteiger partial charge in [0.15, 0.2) is 0 Å². The van der Waals surface area contributed by atoms with Gasteiger partial charge in [0.1, 0.15) is 23.3 Å². The first-order valence-electron chi connectivity index (χ1n) is 15.3. The van der Waals surface area contributed by atoms with Crippen LogP contribution in [0.1, 0.15) is 74.8 Å². The number of ether oxygens (including phenoxy) is 1. The predicted octanol–water partition coefficient (Wildman–Crippen LogP) is 5.61. The molecule has 2 aromatic carbocycles. The minimum absolute atomic E-state index is 0.0161. The van der Waals surface area contributed by atoms with E-state index in [1.165, 1.54) is 6.42 Å². The predicted molar refractivity (Wildman–Crippen MR) is 170 cm³/mol. The van der Waals surface area contributed by atoms with E-state index in [-0.39, 0.29) is 24.4 Å². The lowest BCUT2D eigenvalue weighted by Crippen LogP contribution is -2.46. The molecule has 1 aliphatic carbocycles. The van der Waals surface area contributed by atoms with Gasteiger partial charge in [0.25, 0.3) is 5.91 Å². The van der Waals surface area contributed by atoms with E-state index >= 15 is 0 Å². The number of likely N-dealkylation sites (N-methyl/N-ethyl adjacent to an activating group) is 1. The second kappa shape index (κ2) is 13.0. The van der Waals surface area contributed by atoms with Gasteiger partial charge in [-0.2, -0.15) is 0 Å². The van der Waals surface area contributed by atoms with Crippen molar-refractivity contribution < 1.29 is 19.1 Å². The van der Waals surface area contributed by atoms with Gasteiger partial charge in [-0.15, -0.1) is 0 Å². The lowest BCUT2D eigenvalue weighted by molar-refractivity contribution is -0.121. The Labute approximate surface area is 259 Å². The van der Waals surface area contributed by atoms with Crippen molar-refractivity contribution in [3.8, 4) is 11.1 Å². The Morgan fingerprint density at radius 3 is 2.27 bits per heavy atom. The van der Waals surface area contributed by atoms with Crippen LogP contribution >= 0.6 is 0 Å². The highest BCUT2D eigenvalue weighted by Crippen LogP contribution is 2.42. The Morgan fingerprint density at radius 1 is 0.955 bits per heavy atom. The summed E-state index contributed by atoms with van der Waals surface area (Å²) < 4.78 is 5.30. The number of carbonyl (C=O) groups excluding carboxylic acids is 3. The molecule has 10 nitrogen and oxygen atoms in total. The average molecular weight is 599 g/mol.